The molecular weight excluding hydrogens is 407 g/mol. The Hall–Kier alpha value is -2.17. The maximum atomic E-state index is 13.6. The van der Waals surface area contributed by atoms with Crippen molar-refractivity contribution in [2.45, 2.75) is 22.6 Å². The summed E-state index contributed by atoms with van der Waals surface area (Å²) in [6.07, 6.45) is 1.56. The van der Waals surface area contributed by atoms with E-state index >= 15 is 0 Å². The molecule has 0 saturated carbocycles. The maximum Gasteiger partial charge on any atom is 0.312 e. The smallest absolute Gasteiger partial charge is 0.312 e. The van der Waals surface area contributed by atoms with Gasteiger partial charge in [-0.2, -0.15) is 4.31 Å². The van der Waals surface area contributed by atoms with Crippen molar-refractivity contribution in [1.82, 2.24) is 4.31 Å². The largest absolute Gasteiger partial charge is 0.486 e. The van der Waals surface area contributed by atoms with Crippen LogP contribution in [0, 0.1) is 15.9 Å². The molecule has 1 aliphatic heterocycles. The Morgan fingerprint density at radius 3 is 2.57 bits per heavy atom. The van der Waals surface area contributed by atoms with Crippen LogP contribution < -0.4 is 4.74 Å². The van der Waals surface area contributed by atoms with Crippen molar-refractivity contribution in [2.24, 2.45) is 0 Å². The van der Waals surface area contributed by atoms with Crippen LogP contribution in [-0.4, -0.2) is 43.1 Å². The van der Waals surface area contributed by atoms with E-state index in [4.69, 9.17) is 4.74 Å². The molecule has 28 heavy (non-hydrogen) atoms. The lowest BCUT2D eigenvalue weighted by molar-refractivity contribution is -0.386. The van der Waals surface area contributed by atoms with Crippen molar-refractivity contribution in [3.63, 3.8) is 0 Å². The van der Waals surface area contributed by atoms with E-state index in [1.807, 2.05) is 0 Å². The van der Waals surface area contributed by atoms with Gasteiger partial charge in [-0.15, -0.1) is 11.8 Å². The number of nitro groups is 1. The Kier molecular flexibility index (Phi) is 6.53. The quantitative estimate of drug-likeness (QED) is 0.277. The van der Waals surface area contributed by atoms with Gasteiger partial charge in [0.15, 0.2) is 5.75 Å². The number of nitro benzene ring substituents is 1. The summed E-state index contributed by atoms with van der Waals surface area (Å²) in [4.78, 5) is 11.1. The van der Waals surface area contributed by atoms with E-state index in [2.05, 4.69) is 0 Å². The molecule has 0 atom stereocenters. The van der Waals surface area contributed by atoms with Gasteiger partial charge in [-0.3, -0.25) is 10.1 Å². The van der Waals surface area contributed by atoms with Crippen LogP contribution in [0.3, 0.4) is 0 Å². The van der Waals surface area contributed by atoms with Crippen LogP contribution >= 0.6 is 11.8 Å². The predicted octanol–water partition coefficient (Wildman–Crippen LogP) is 3.69. The summed E-state index contributed by atoms with van der Waals surface area (Å²) < 4.78 is 45.6. The molecule has 1 heterocycles. The van der Waals surface area contributed by atoms with Gasteiger partial charge in [0.1, 0.15) is 5.82 Å². The lowest BCUT2D eigenvalue weighted by atomic mass is 10.3. The molecule has 0 aliphatic carbocycles. The van der Waals surface area contributed by atoms with Crippen molar-refractivity contribution < 1.29 is 22.5 Å². The van der Waals surface area contributed by atoms with Gasteiger partial charge in [-0.1, -0.05) is 12.1 Å². The highest BCUT2D eigenvalue weighted by Gasteiger charge is 2.29. The zero-order chi connectivity index (χ0) is 20.1. The number of halogens is 1. The van der Waals surface area contributed by atoms with Crippen molar-refractivity contribution in [2.75, 3.05) is 25.4 Å². The second kappa shape index (κ2) is 8.89. The maximum absolute atomic E-state index is 13.6. The molecule has 7 nitrogen and oxygen atoms in total. The molecule has 10 heteroatoms. The number of rotatable bonds is 8. The number of ether oxygens (including phenoxy) is 1. The lowest BCUT2D eigenvalue weighted by Crippen LogP contribution is -2.27. The third-order valence-corrected chi connectivity index (χ3v) is 7.17. The Bertz CT molecular complexity index is 962. The predicted molar refractivity (Wildman–Crippen MR) is 104 cm³/mol. The summed E-state index contributed by atoms with van der Waals surface area (Å²) >= 11 is 1.23. The van der Waals surface area contributed by atoms with Gasteiger partial charge in [0, 0.05) is 29.8 Å². The van der Waals surface area contributed by atoms with Crippen LogP contribution in [-0.2, 0) is 10.0 Å². The molecular formula is C18H19FN2O5S2. The van der Waals surface area contributed by atoms with E-state index in [1.54, 1.807) is 18.2 Å². The number of hydrogen-bond donors (Lipinski definition) is 0. The second-order valence-electron chi connectivity index (χ2n) is 6.13. The normalized spacial score (nSPS) is 14.9. The van der Waals surface area contributed by atoms with Crippen molar-refractivity contribution in [3.05, 3.63) is 58.4 Å². The lowest BCUT2D eigenvalue weighted by Gasteiger charge is -2.16. The molecule has 0 bridgehead atoms. The minimum absolute atomic E-state index is 0.0143. The van der Waals surface area contributed by atoms with Gasteiger partial charge in [0.2, 0.25) is 10.0 Å². The minimum Gasteiger partial charge on any atom is -0.486 e. The summed E-state index contributed by atoms with van der Waals surface area (Å²) in [7, 11) is -3.75. The summed E-state index contributed by atoms with van der Waals surface area (Å²) in [5.41, 5.74) is -0.406. The molecule has 0 unspecified atom stereocenters. The molecule has 2 aromatic rings. The first-order chi connectivity index (χ1) is 13.4. The Morgan fingerprint density at radius 2 is 1.89 bits per heavy atom. The van der Waals surface area contributed by atoms with E-state index in [-0.39, 0.29) is 23.1 Å². The number of thioether (sulfide) groups is 1. The molecule has 3 rings (SSSR count). The summed E-state index contributed by atoms with van der Waals surface area (Å²) in [5.74, 6) is 0.0285. The van der Waals surface area contributed by atoms with Gasteiger partial charge in [0.05, 0.1) is 16.4 Å². The van der Waals surface area contributed by atoms with Crippen LogP contribution in [0.15, 0.2) is 52.3 Å². The van der Waals surface area contributed by atoms with Gasteiger partial charge >= 0.3 is 5.69 Å². The highest BCUT2D eigenvalue weighted by atomic mass is 32.2. The number of benzene rings is 2. The van der Waals surface area contributed by atoms with Gasteiger partial charge in [-0.25, -0.2) is 12.8 Å². The average Bonchev–Trinajstić information content (AvgIpc) is 3.22. The fourth-order valence-corrected chi connectivity index (χ4v) is 5.17. The molecule has 0 spiro atoms. The van der Waals surface area contributed by atoms with E-state index in [9.17, 15) is 22.9 Å². The molecule has 2 aromatic carbocycles. The SMILES string of the molecule is O=[N+]([O-])c1cc(S(=O)(=O)N2CCCC2)ccc1OCCSc1ccccc1F. The summed E-state index contributed by atoms with van der Waals surface area (Å²) in [6, 6.07) is 9.96. The number of hydrogen-bond acceptors (Lipinski definition) is 6. The standard InChI is InChI=1S/C18H19FN2O5S2/c19-15-5-1-2-6-18(15)27-12-11-26-17-8-7-14(13-16(17)21(22)23)28(24,25)20-9-3-4-10-20/h1-2,5-8,13H,3-4,9-12H2. The molecule has 1 aliphatic rings. The zero-order valence-corrected chi connectivity index (χ0v) is 16.5. The first-order valence-corrected chi connectivity index (χ1v) is 11.1. The van der Waals surface area contributed by atoms with Crippen LogP contribution in [0.5, 0.6) is 5.75 Å². The third kappa shape index (κ3) is 4.62. The first-order valence-electron chi connectivity index (χ1n) is 8.68. The van der Waals surface area contributed by atoms with E-state index < -0.39 is 20.6 Å². The molecule has 1 saturated heterocycles. The van der Waals surface area contributed by atoms with E-state index in [1.165, 1.54) is 34.3 Å². The van der Waals surface area contributed by atoms with Gasteiger partial charge < -0.3 is 4.74 Å². The molecule has 0 radical (unpaired) electrons. The van der Waals surface area contributed by atoms with Crippen LogP contribution in [0.1, 0.15) is 12.8 Å². The topological polar surface area (TPSA) is 89.8 Å². The zero-order valence-electron chi connectivity index (χ0n) is 14.9. The highest BCUT2D eigenvalue weighted by molar-refractivity contribution is 7.99. The fourth-order valence-electron chi connectivity index (χ4n) is 2.86. The Labute approximate surface area is 166 Å². The molecule has 0 aromatic heterocycles. The van der Waals surface area contributed by atoms with E-state index in [0.29, 0.717) is 23.7 Å². The van der Waals surface area contributed by atoms with Gasteiger partial charge in [0.25, 0.3) is 0 Å². The molecule has 0 amide bonds. The van der Waals surface area contributed by atoms with Crippen LogP contribution in [0.4, 0.5) is 10.1 Å². The average molecular weight is 426 g/mol. The third-order valence-electron chi connectivity index (χ3n) is 4.27. The minimum atomic E-state index is -3.75. The van der Waals surface area contributed by atoms with Crippen molar-refractivity contribution >= 4 is 27.5 Å². The number of sulfonamides is 1. The van der Waals surface area contributed by atoms with Crippen LogP contribution in [0.2, 0.25) is 0 Å². The van der Waals surface area contributed by atoms with Crippen molar-refractivity contribution in [1.29, 1.82) is 0 Å². The Morgan fingerprint density at radius 1 is 1.18 bits per heavy atom. The second-order valence-corrected chi connectivity index (χ2v) is 9.20. The summed E-state index contributed by atoms with van der Waals surface area (Å²) in [5, 5.41) is 11.4. The molecule has 1 fully saturated rings. The monoisotopic (exact) mass is 426 g/mol. The number of nitrogens with zero attached hydrogens (tertiary/aromatic N) is 2. The fraction of sp³-hybridized carbons (Fsp3) is 0.333. The Balaban J connectivity index is 1.69. The first kappa shape index (κ1) is 20.6. The summed E-state index contributed by atoms with van der Waals surface area (Å²) in [6.45, 7) is 0.946. The van der Waals surface area contributed by atoms with Gasteiger partial charge in [-0.05, 0) is 37.1 Å². The molecule has 150 valence electrons. The molecule has 0 N–H and O–H groups in total. The highest BCUT2D eigenvalue weighted by Crippen LogP contribution is 2.32. The van der Waals surface area contributed by atoms with E-state index in [0.717, 1.165) is 18.9 Å². The van der Waals surface area contributed by atoms with Crippen LogP contribution in [0.25, 0.3) is 0 Å². The van der Waals surface area contributed by atoms with Crippen molar-refractivity contribution in [3.8, 4) is 5.75 Å².